The molecule has 96 valence electrons. The molecule has 0 saturated carbocycles. The molecule has 0 aliphatic rings. The summed E-state index contributed by atoms with van der Waals surface area (Å²) in [5, 5.41) is 12.7. The predicted octanol–water partition coefficient (Wildman–Crippen LogP) is 2.86. The average molecular weight is 258 g/mol. The normalized spacial score (nSPS) is 11.8. The molecule has 0 unspecified atom stereocenters. The molecule has 1 heterocycles. The van der Waals surface area contributed by atoms with Crippen molar-refractivity contribution in [2.45, 2.75) is 19.5 Å². The summed E-state index contributed by atoms with van der Waals surface area (Å²) in [6, 6.07) is 4.55. The lowest BCUT2D eigenvalue weighted by atomic mass is 10.1. The highest BCUT2D eigenvalue weighted by molar-refractivity contribution is 5.57. The van der Waals surface area contributed by atoms with E-state index in [-0.39, 0.29) is 11.6 Å². The third-order valence-electron chi connectivity index (χ3n) is 2.28. The van der Waals surface area contributed by atoms with Crippen LogP contribution >= 0.6 is 0 Å². The Morgan fingerprint density at radius 3 is 2.67 bits per heavy atom. The summed E-state index contributed by atoms with van der Waals surface area (Å²) in [4.78, 5) is 3.63. The molecule has 0 saturated heterocycles. The van der Waals surface area contributed by atoms with E-state index in [9.17, 15) is 18.3 Å². The lowest BCUT2D eigenvalue weighted by Crippen LogP contribution is -2.12. The highest BCUT2D eigenvalue weighted by atomic mass is 19.4. The van der Waals surface area contributed by atoms with Gasteiger partial charge in [0, 0.05) is 5.56 Å². The van der Waals surface area contributed by atoms with Gasteiger partial charge >= 0.3 is 6.18 Å². The molecule has 0 aliphatic carbocycles. The Morgan fingerprint density at radius 2 is 2.06 bits per heavy atom. The van der Waals surface area contributed by atoms with E-state index in [0.29, 0.717) is 11.1 Å². The van der Waals surface area contributed by atoms with Crippen molar-refractivity contribution >= 4 is 0 Å². The van der Waals surface area contributed by atoms with Crippen LogP contribution in [0.15, 0.2) is 22.7 Å². The number of nitrogens with zero attached hydrogens (tertiary/aromatic N) is 2. The monoisotopic (exact) mass is 258 g/mol. The van der Waals surface area contributed by atoms with Crippen LogP contribution in [0.5, 0.6) is 5.75 Å². The van der Waals surface area contributed by atoms with Crippen LogP contribution in [0.4, 0.5) is 13.2 Å². The van der Waals surface area contributed by atoms with Crippen LogP contribution in [-0.4, -0.2) is 21.4 Å². The van der Waals surface area contributed by atoms with Crippen LogP contribution in [0.2, 0.25) is 0 Å². The Labute approximate surface area is 100 Å². The van der Waals surface area contributed by atoms with Crippen molar-refractivity contribution in [2.24, 2.45) is 0 Å². The molecule has 0 fully saturated rings. The molecule has 7 heteroatoms. The molecule has 0 atom stereocenters. The molecule has 0 spiro atoms. The smallest absolute Gasteiger partial charge is 0.396 e. The lowest BCUT2D eigenvalue weighted by molar-refractivity contribution is -0.128. The molecule has 18 heavy (non-hydrogen) atoms. The van der Waals surface area contributed by atoms with Crippen molar-refractivity contribution in [1.82, 2.24) is 10.1 Å². The minimum Gasteiger partial charge on any atom is -0.508 e. The van der Waals surface area contributed by atoms with Crippen molar-refractivity contribution in [3.8, 4) is 17.2 Å². The molecule has 1 aromatic heterocycles. The summed E-state index contributed by atoms with van der Waals surface area (Å²) >= 11 is 0. The number of phenolic OH excluding ortho intramolecular Hbond substituents is 1. The van der Waals surface area contributed by atoms with E-state index < -0.39 is 18.4 Å². The van der Waals surface area contributed by atoms with Crippen LogP contribution in [0.25, 0.3) is 11.5 Å². The zero-order valence-corrected chi connectivity index (χ0v) is 9.32. The van der Waals surface area contributed by atoms with E-state index in [4.69, 9.17) is 4.52 Å². The average Bonchev–Trinajstić information content (AvgIpc) is 2.68. The van der Waals surface area contributed by atoms with Gasteiger partial charge in [0.05, 0.1) is 0 Å². The second-order valence-corrected chi connectivity index (χ2v) is 3.81. The third-order valence-corrected chi connectivity index (χ3v) is 2.28. The maximum atomic E-state index is 12.1. The second-order valence-electron chi connectivity index (χ2n) is 3.81. The number of rotatable bonds is 2. The first-order chi connectivity index (χ1) is 8.35. The molecular weight excluding hydrogens is 249 g/mol. The zero-order valence-electron chi connectivity index (χ0n) is 9.32. The first-order valence-corrected chi connectivity index (χ1v) is 5.04. The van der Waals surface area contributed by atoms with Gasteiger partial charge in [0.1, 0.15) is 12.2 Å². The van der Waals surface area contributed by atoms with E-state index in [0.717, 1.165) is 0 Å². The number of aromatic hydroxyl groups is 1. The van der Waals surface area contributed by atoms with Gasteiger partial charge in [0.25, 0.3) is 5.89 Å². The molecule has 0 amide bonds. The molecule has 2 aromatic rings. The summed E-state index contributed by atoms with van der Waals surface area (Å²) in [6.07, 6.45) is -5.62. The molecule has 1 aromatic carbocycles. The number of benzene rings is 1. The highest BCUT2D eigenvalue weighted by Gasteiger charge is 2.30. The van der Waals surface area contributed by atoms with Gasteiger partial charge in [-0.1, -0.05) is 11.2 Å². The quantitative estimate of drug-likeness (QED) is 0.899. The first kappa shape index (κ1) is 12.4. The van der Waals surface area contributed by atoms with Gasteiger partial charge in [-0.3, -0.25) is 0 Å². The molecule has 0 bridgehead atoms. The van der Waals surface area contributed by atoms with Gasteiger partial charge in [-0.25, -0.2) is 0 Å². The summed E-state index contributed by atoms with van der Waals surface area (Å²) in [7, 11) is 0. The first-order valence-electron chi connectivity index (χ1n) is 5.04. The van der Waals surface area contributed by atoms with Crippen molar-refractivity contribution < 1.29 is 22.8 Å². The standard InChI is InChI=1S/C11H9F3N2O2/c1-6-2-3-7(4-8(6)17)10-15-9(16-18-10)5-11(12,13)14/h2-4,17H,5H2,1H3. The summed E-state index contributed by atoms with van der Waals surface area (Å²) in [6.45, 7) is 1.70. The van der Waals surface area contributed by atoms with Crippen LogP contribution in [0, 0.1) is 6.92 Å². The lowest BCUT2D eigenvalue weighted by Gasteiger charge is -2.00. The molecule has 0 aliphatic heterocycles. The third kappa shape index (κ3) is 2.79. The molecule has 2 rings (SSSR count). The van der Waals surface area contributed by atoms with Gasteiger partial charge in [-0.15, -0.1) is 0 Å². The SMILES string of the molecule is Cc1ccc(-c2nc(CC(F)(F)F)no2)cc1O. The van der Waals surface area contributed by atoms with Crippen LogP contribution < -0.4 is 0 Å². The number of aryl methyl sites for hydroxylation is 1. The fourth-order valence-electron chi connectivity index (χ4n) is 1.36. The van der Waals surface area contributed by atoms with Gasteiger partial charge in [-0.2, -0.15) is 18.2 Å². The van der Waals surface area contributed by atoms with Crippen molar-refractivity contribution in [1.29, 1.82) is 0 Å². The molecular formula is C11H9F3N2O2. The summed E-state index contributed by atoms with van der Waals surface area (Å²) in [5.41, 5.74) is 1.02. The van der Waals surface area contributed by atoms with E-state index >= 15 is 0 Å². The number of hydrogen-bond acceptors (Lipinski definition) is 4. The van der Waals surface area contributed by atoms with E-state index in [1.165, 1.54) is 6.07 Å². The van der Waals surface area contributed by atoms with Crippen LogP contribution in [0.3, 0.4) is 0 Å². The summed E-state index contributed by atoms with van der Waals surface area (Å²) in [5.74, 6) is -0.467. The Balaban J connectivity index is 2.26. The molecule has 4 nitrogen and oxygen atoms in total. The molecule has 0 radical (unpaired) electrons. The van der Waals surface area contributed by atoms with Gasteiger partial charge < -0.3 is 9.63 Å². The van der Waals surface area contributed by atoms with Gasteiger partial charge in [-0.05, 0) is 24.6 Å². The Hall–Kier alpha value is -2.05. The van der Waals surface area contributed by atoms with E-state index in [1.807, 2.05) is 0 Å². The number of halogens is 3. The van der Waals surface area contributed by atoms with Gasteiger partial charge in [0.15, 0.2) is 5.82 Å². The van der Waals surface area contributed by atoms with Crippen molar-refractivity contribution in [3.05, 3.63) is 29.6 Å². The fourth-order valence-corrected chi connectivity index (χ4v) is 1.36. The fraction of sp³-hybridized carbons (Fsp3) is 0.273. The minimum absolute atomic E-state index is 0.0167. The van der Waals surface area contributed by atoms with E-state index in [2.05, 4.69) is 10.1 Å². The minimum atomic E-state index is -4.38. The maximum Gasteiger partial charge on any atom is 0.396 e. The zero-order chi connectivity index (χ0) is 13.3. The Bertz CT molecular complexity index is 564. The second kappa shape index (κ2) is 4.32. The van der Waals surface area contributed by atoms with Gasteiger partial charge in [0.2, 0.25) is 0 Å². The maximum absolute atomic E-state index is 12.1. The van der Waals surface area contributed by atoms with Crippen molar-refractivity contribution in [2.75, 3.05) is 0 Å². The highest BCUT2D eigenvalue weighted by Crippen LogP contribution is 2.26. The van der Waals surface area contributed by atoms with Crippen molar-refractivity contribution in [3.63, 3.8) is 0 Å². The van der Waals surface area contributed by atoms with E-state index in [1.54, 1.807) is 19.1 Å². The summed E-state index contributed by atoms with van der Waals surface area (Å²) < 4.78 is 41.0. The Kier molecular flexibility index (Phi) is 2.98. The number of phenols is 1. The molecule has 1 N–H and O–H groups in total. The predicted molar refractivity (Wildman–Crippen MR) is 55.9 cm³/mol. The largest absolute Gasteiger partial charge is 0.508 e. The van der Waals surface area contributed by atoms with Crippen LogP contribution in [-0.2, 0) is 6.42 Å². The number of alkyl halides is 3. The number of hydrogen-bond donors (Lipinski definition) is 1. The topological polar surface area (TPSA) is 59.2 Å². The number of aromatic nitrogens is 2. The Morgan fingerprint density at radius 1 is 1.33 bits per heavy atom. The van der Waals surface area contributed by atoms with Crippen LogP contribution in [0.1, 0.15) is 11.4 Å².